The first-order valence-electron chi connectivity index (χ1n) is 8.54. The average Bonchev–Trinajstić information content (AvgIpc) is 3.03. The minimum atomic E-state index is -0.0239. The van der Waals surface area contributed by atoms with Crippen LogP contribution in [0.4, 0.5) is 5.95 Å². The molecule has 5 nitrogen and oxygen atoms in total. The molecule has 5 heteroatoms. The number of carbonyl (C=O) groups excluding carboxylic acids is 1. The summed E-state index contributed by atoms with van der Waals surface area (Å²) in [6.45, 7) is 6.17. The molecule has 1 N–H and O–H groups in total. The molecule has 0 bridgehead atoms. The van der Waals surface area contributed by atoms with Gasteiger partial charge in [-0.2, -0.15) is 0 Å². The fraction of sp³-hybridized carbons (Fsp3) is 0.706. The summed E-state index contributed by atoms with van der Waals surface area (Å²) >= 11 is 0. The van der Waals surface area contributed by atoms with Gasteiger partial charge >= 0.3 is 0 Å². The van der Waals surface area contributed by atoms with Crippen molar-refractivity contribution in [2.45, 2.75) is 58.4 Å². The largest absolute Gasteiger partial charge is 0.349 e. The van der Waals surface area contributed by atoms with Crippen molar-refractivity contribution in [1.29, 1.82) is 0 Å². The van der Waals surface area contributed by atoms with Crippen LogP contribution in [-0.2, 0) is 0 Å². The number of anilines is 1. The molecule has 1 aliphatic heterocycles. The van der Waals surface area contributed by atoms with E-state index in [1.165, 1.54) is 32.1 Å². The maximum atomic E-state index is 12.5. The first-order chi connectivity index (χ1) is 10.6. The second kappa shape index (κ2) is 6.63. The maximum absolute atomic E-state index is 12.5. The number of amides is 1. The third-order valence-electron chi connectivity index (χ3n) is 5.03. The first-order valence-corrected chi connectivity index (χ1v) is 8.54. The topological polar surface area (TPSA) is 58.1 Å². The van der Waals surface area contributed by atoms with Crippen molar-refractivity contribution in [3.63, 3.8) is 0 Å². The van der Waals surface area contributed by atoms with Gasteiger partial charge in [0.15, 0.2) is 0 Å². The first kappa shape index (κ1) is 15.3. The van der Waals surface area contributed by atoms with Gasteiger partial charge in [-0.3, -0.25) is 4.79 Å². The van der Waals surface area contributed by atoms with Crippen molar-refractivity contribution < 1.29 is 4.79 Å². The third kappa shape index (κ3) is 3.23. The van der Waals surface area contributed by atoms with Gasteiger partial charge in [0.2, 0.25) is 5.95 Å². The normalized spacial score (nSPS) is 25.3. The van der Waals surface area contributed by atoms with E-state index in [-0.39, 0.29) is 5.91 Å². The Hall–Kier alpha value is -1.65. The molecule has 2 aliphatic rings. The summed E-state index contributed by atoms with van der Waals surface area (Å²) in [6.07, 6.45) is 8.86. The van der Waals surface area contributed by atoms with E-state index >= 15 is 0 Å². The molecule has 1 saturated carbocycles. The quantitative estimate of drug-likeness (QED) is 0.932. The van der Waals surface area contributed by atoms with Crippen molar-refractivity contribution in [3.8, 4) is 0 Å². The molecule has 0 spiro atoms. The molecule has 1 saturated heterocycles. The SMILES string of the molecule is Cc1nc(N2CCCC2)ncc1C(=O)NC1CCCCC1C. The van der Waals surface area contributed by atoms with Crippen LogP contribution >= 0.6 is 0 Å². The van der Waals surface area contributed by atoms with E-state index in [4.69, 9.17) is 0 Å². The van der Waals surface area contributed by atoms with Crippen LogP contribution in [0.3, 0.4) is 0 Å². The fourth-order valence-corrected chi connectivity index (χ4v) is 3.52. The Bertz CT molecular complexity index is 539. The summed E-state index contributed by atoms with van der Waals surface area (Å²) < 4.78 is 0. The predicted octanol–water partition coefficient (Wildman–Crippen LogP) is 2.69. The zero-order chi connectivity index (χ0) is 15.5. The summed E-state index contributed by atoms with van der Waals surface area (Å²) in [4.78, 5) is 23.7. The van der Waals surface area contributed by atoms with Crippen LogP contribution in [0.25, 0.3) is 0 Å². The number of aryl methyl sites for hydroxylation is 1. The minimum absolute atomic E-state index is 0.0239. The third-order valence-corrected chi connectivity index (χ3v) is 5.03. The van der Waals surface area contributed by atoms with Gasteiger partial charge < -0.3 is 10.2 Å². The Kier molecular flexibility index (Phi) is 4.60. The van der Waals surface area contributed by atoms with Gasteiger partial charge in [-0.05, 0) is 38.5 Å². The Morgan fingerprint density at radius 3 is 2.64 bits per heavy atom. The van der Waals surface area contributed by atoms with Crippen LogP contribution in [0.5, 0.6) is 0 Å². The summed E-state index contributed by atoms with van der Waals surface area (Å²) in [5.74, 6) is 1.30. The molecule has 1 aromatic rings. The summed E-state index contributed by atoms with van der Waals surface area (Å²) in [6, 6.07) is 0.291. The van der Waals surface area contributed by atoms with Gasteiger partial charge in [-0.25, -0.2) is 9.97 Å². The monoisotopic (exact) mass is 302 g/mol. The van der Waals surface area contributed by atoms with E-state index < -0.39 is 0 Å². The number of carbonyl (C=O) groups is 1. The minimum Gasteiger partial charge on any atom is -0.349 e. The molecule has 1 amide bonds. The highest BCUT2D eigenvalue weighted by molar-refractivity contribution is 5.95. The van der Waals surface area contributed by atoms with Crippen LogP contribution < -0.4 is 10.2 Å². The highest BCUT2D eigenvalue weighted by Gasteiger charge is 2.24. The number of hydrogen-bond acceptors (Lipinski definition) is 4. The molecule has 2 atom stereocenters. The van der Waals surface area contributed by atoms with Gasteiger partial charge in [-0.15, -0.1) is 0 Å². The Morgan fingerprint density at radius 1 is 1.23 bits per heavy atom. The molecule has 2 fully saturated rings. The molecule has 22 heavy (non-hydrogen) atoms. The molecular formula is C17H26N4O. The molecule has 1 aliphatic carbocycles. The van der Waals surface area contributed by atoms with Crippen LogP contribution in [-0.4, -0.2) is 35.0 Å². The molecule has 0 radical (unpaired) electrons. The fourth-order valence-electron chi connectivity index (χ4n) is 3.52. The van der Waals surface area contributed by atoms with E-state index in [0.29, 0.717) is 17.5 Å². The van der Waals surface area contributed by atoms with Crippen molar-refractivity contribution >= 4 is 11.9 Å². The number of nitrogens with one attached hydrogen (secondary N) is 1. The van der Waals surface area contributed by atoms with E-state index in [1.807, 2.05) is 6.92 Å². The predicted molar refractivity (Wildman–Crippen MR) is 87.1 cm³/mol. The Balaban J connectivity index is 1.69. The van der Waals surface area contributed by atoms with Gasteiger partial charge in [0.05, 0.1) is 11.3 Å². The standard InChI is InChI=1S/C17H26N4O/c1-12-7-3-4-8-15(12)20-16(22)14-11-18-17(19-13(14)2)21-9-5-6-10-21/h11-12,15H,3-10H2,1-2H3,(H,20,22). The van der Waals surface area contributed by atoms with E-state index in [0.717, 1.165) is 31.2 Å². The van der Waals surface area contributed by atoms with Crippen LogP contribution in [0.15, 0.2) is 6.20 Å². The van der Waals surface area contributed by atoms with Gasteiger partial charge in [-0.1, -0.05) is 19.8 Å². The number of hydrogen-bond donors (Lipinski definition) is 1. The van der Waals surface area contributed by atoms with Crippen molar-refractivity contribution in [2.24, 2.45) is 5.92 Å². The van der Waals surface area contributed by atoms with Gasteiger partial charge in [0, 0.05) is 25.3 Å². The molecule has 120 valence electrons. The number of nitrogens with zero attached hydrogens (tertiary/aromatic N) is 3. The maximum Gasteiger partial charge on any atom is 0.254 e. The number of aromatic nitrogens is 2. The van der Waals surface area contributed by atoms with Crippen molar-refractivity contribution in [2.75, 3.05) is 18.0 Å². The molecule has 2 unspecified atom stereocenters. The second-order valence-electron chi connectivity index (χ2n) is 6.70. The van der Waals surface area contributed by atoms with Crippen LogP contribution in [0, 0.1) is 12.8 Å². The lowest BCUT2D eigenvalue weighted by Gasteiger charge is -2.29. The van der Waals surface area contributed by atoms with Gasteiger partial charge in [0.1, 0.15) is 0 Å². The van der Waals surface area contributed by atoms with Gasteiger partial charge in [0.25, 0.3) is 5.91 Å². The molecule has 3 rings (SSSR count). The van der Waals surface area contributed by atoms with Crippen LogP contribution in [0.1, 0.15) is 61.5 Å². The highest BCUT2D eigenvalue weighted by atomic mass is 16.1. The van der Waals surface area contributed by atoms with Crippen molar-refractivity contribution in [3.05, 3.63) is 17.5 Å². The van der Waals surface area contributed by atoms with Crippen LogP contribution in [0.2, 0.25) is 0 Å². The summed E-state index contributed by atoms with van der Waals surface area (Å²) in [5, 5.41) is 3.18. The lowest BCUT2D eigenvalue weighted by Crippen LogP contribution is -2.41. The summed E-state index contributed by atoms with van der Waals surface area (Å²) in [5.41, 5.74) is 1.39. The Labute approximate surface area is 132 Å². The average molecular weight is 302 g/mol. The summed E-state index contributed by atoms with van der Waals surface area (Å²) in [7, 11) is 0. The van der Waals surface area contributed by atoms with Crippen molar-refractivity contribution in [1.82, 2.24) is 15.3 Å². The zero-order valence-corrected chi connectivity index (χ0v) is 13.6. The van der Waals surface area contributed by atoms with E-state index in [2.05, 4.69) is 27.1 Å². The second-order valence-corrected chi connectivity index (χ2v) is 6.70. The van der Waals surface area contributed by atoms with E-state index in [1.54, 1.807) is 6.20 Å². The molecular weight excluding hydrogens is 276 g/mol. The smallest absolute Gasteiger partial charge is 0.254 e. The molecule has 1 aromatic heterocycles. The lowest BCUT2D eigenvalue weighted by atomic mass is 9.86. The lowest BCUT2D eigenvalue weighted by molar-refractivity contribution is 0.0909. The highest BCUT2D eigenvalue weighted by Crippen LogP contribution is 2.24. The number of rotatable bonds is 3. The Morgan fingerprint density at radius 2 is 1.95 bits per heavy atom. The zero-order valence-electron chi connectivity index (χ0n) is 13.6. The molecule has 0 aromatic carbocycles. The van der Waals surface area contributed by atoms with E-state index in [9.17, 15) is 4.79 Å². The molecule has 2 heterocycles.